The van der Waals surface area contributed by atoms with E-state index in [0.29, 0.717) is 6.54 Å². The molecule has 1 heterocycles. The topological polar surface area (TPSA) is 55.0 Å². The molecule has 0 saturated heterocycles. The van der Waals surface area contributed by atoms with Crippen molar-refractivity contribution in [1.29, 1.82) is 0 Å². The fourth-order valence-electron chi connectivity index (χ4n) is 1.81. The lowest BCUT2D eigenvalue weighted by atomic mass is 10.1. The van der Waals surface area contributed by atoms with Crippen LogP contribution in [0.15, 0.2) is 36.4 Å². The molecule has 2 N–H and O–H groups in total. The normalized spacial score (nSPS) is 10.4. The number of benzene rings is 1. The molecule has 1 aromatic carbocycles. The van der Waals surface area contributed by atoms with Crippen LogP contribution in [-0.4, -0.2) is 17.2 Å². The van der Waals surface area contributed by atoms with Gasteiger partial charge in [0.1, 0.15) is 0 Å². The molecule has 4 nitrogen and oxygen atoms in total. The van der Waals surface area contributed by atoms with Crippen LogP contribution in [0, 0.1) is 6.92 Å². The van der Waals surface area contributed by atoms with Crippen LogP contribution < -0.4 is 10.6 Å². The molecule has 0 radical (unpaired) electrons. The van der Waals surface area contributed by atoms with Crippen LogP contribution >= 0.6 is 0 Å². The first kappa shape index (κ1) is 12.5. The first-order valence-electron chi connectivity index (χ1n) is 5.98. The fourth-order valence-corrected chi connectivity index (χ4v) is 1.81. The summed E-state index contributed by atoms with van der Waals surface area (Å²) in [6, 6.07) is 12.2. The quantitative estimate of drug-likeness (QED) is 0.889. The maximum Gasteiger partial charge on any atom is 0.151 e. The third kappa shape index (κ3) is 3.05. The molecule has 0 aliphatic carbocycles. The fraction of sp³-hybridized carbons (Fsp3) is 0.286. The van der Waals surface area contributed by atoms with Crippen LogP contribution in [0.1, 0.15) is 16.8 Å². The molecule has 0 amide bonds. The lowest BCUT2D eigenvalue weighted by Crippen LogP contribution is -2.18. The van der Waals surface area contributed by atoms with Crippen molar-refractivity contribution in [2.24, 2.45) is 5.73 Å². The van der Waals surface area contributed by atoms with E-state index in [1.807, 2.05) is 38.2 Å². The Balaban J connectivity index is 2.10. The first-order valence-corrected chi connectivity index (χ1v) is 5.98. The van der Waals surface area contributed by atoms with Crippen molar-refractivity contribution in [2.75, 3.05) is 11.9 Å². The predicted octanol–water partition coefficient (Wildman–Crippen LogP) is 1.88. The zero-order valence-electron chi connectivity index (χ0n) is 10.8. The van der Waals surface area contributed by atoms with Gasteiger partial charge in [-0.2, -0.15) is 5.10 Å². The zero-order chi connectivity index (χ0) is 13.0. The van der Waals surface area contributed by atoms with Gasteiger partial charge in [0.2, 0.25) is 0 Å². The van der Waals surface area contributed by atoms with Crippen molar-refractivity contribution >= 4 is 5.82 Å². The summed E-state index contributed by atoms with van der Waals surface area (Å²) in [7, 11) is 2.01. The Labute approximate surface area is 107 Å². The molecule has 18 heavy (non-hydrogen) atoms. The van der Waals surface area contributed by atoms with Crippen molar-refractivity contribution in [3.63, 3.8) is 0 Å². The van der Waals surface area contributed by atoms with Gasteiger partial charge in [0.25, 0.3) is 0 Å². The highest BCUT2D eigenvalue weighted by Gasteiger charge is 2.04. The molecule has 0 bridgehead atoms. The van der Waals surface area contributed by atoms with E-state index in [4.69, 9.17) is 5.73 Å². The highest BCUT2D eigenvalue weighted by atomic mass is 15.2. The smallest absolute Gasteiger partial charge is 0.151 e. The standard InChI is InChI=1S/C14H18N4/c1-11-6-7-14(17-16-11)18(2)10-13-5-3-4-12(8-13)9-15/h3-8H,9-10,15H2,1-2H3. The summed E-state index contributed by atoms with van der Waals surface area (Å²) in [6.07, 6.45) is 0. The molecule has 1 aromatic heterocycles. The van der Waals surface area contributed by atoms with Gasteiger partial charge in [0.05, 0.1) is 5.69 Å². The molecule has 0 fully saturated rings. The number of hydrogen-bond acceptors (Lipinski definition) is 4. The van der Waals surface area contributed by atoms with E-state index in [0.717, 1.165) is 23.6 Å². The molecule has 0 aliphatic rings. The molecule has 0 saturated carbocycles. The van der Waals surface area contributed by atoms with Gasteiger partial charge in [-0.1, -0.05) is 24.3 Å². The Hall–Kier alpha value is -1.94. The van der Waals surface area contributed by atoms with Gasteiger partial charge in [-0.05, 0) is 30.2 Å². The first-order chi connectivity index (χ1) is 8.69. The summed E-state index contributed by atoms with van der Waals surface area (Å²) < 4.78 is 0. The van der Waals surface area contributed by atoms with Crippen molar-refractivity contribution in [3.05, 3.63) is 53.2 Å². The van der Waals surface area contributed by atoms with E-state index in [1.165, 1.54) is 5.56 Å². The van der Waals surface area contributed by atoms with Gasteiger partial charge in [-0.3, -0.25) is 0 Å². The molecule has 0 aliphatic heterocycles. The van der Waals surface area contributed by atoms with E-state index >= 15 is 0 Å². The minimum absolute atomic E-state index is 0.571. The Morgan fingerprint density at radius 3 is 2.56 bits per heavy atom. The lowest BCUT2D eigenvalue weighted by molar-refractivity contribution is 0.854. The second-order valence-electron chi connectivity index (χ2n) is 4.41. The largest absolute Gasteiger partial charge is 0.354 e. The lowest BCUT2D eigenvalue weighted by Gasteiger charge is -2.18. The molecule has 0 atom stereocenters. The summed E-state index contributed by atoms with van der Waals surface area (Å²) in [6.45, 7) is 3.30. The highest BCUT2D eigenvalue weighted by molar-refractivity contribution is 5.38. The van der Waals surface area contributed by atoms with Crippen LogP contribution in [0.25, 0.3) is 0 Å². The van der Waals surface area contributed by atoms with Gasteiger partial charge in [0.15, 0.2) is 5.82 Å². The average Bonchev–Trinajstić information content (AvgIpc) is 2.39. The molecule has 2 rings (SSSR count). The van der Waals surface area contributed by atoms with E-state index in [2.05, 4.69) is 27.2 Å². The average molecular weight is 242 g/mol. The highest BCUT2D eigenvalue weighted by Crippen LogP contribution is 2.12. The zero-order valence-corrected chi connectivity index (χ0v) is 10.8. The minimum atomic E-state index is 0.571. The van der Waals surface area contributed by atoms with Crippen LogP contribution in [0.5, 0.6) is 0 Å². The van der Waals surface area contributed by atoms with Crippen molar-refractivity contribution < 1.29 is 0 Å². The van der Waals surface area contributed by atoms with Crippen molar-refractivity contribution in [2.45, 2.75) is 20.0 Å². The van der Waals surface area contributed by atoms with Gasteiger partial charge in [-0.15, -0.1) is 5.10 Å². The summed E-state index contributed by atoms with van der Waals surface area (Å²) in [5.74, 6) is 0.874. The number of hydrogen-bond donors (Lipinski definition) is 1. The second kappa shape index (κ2) is 5.60. The number of nitrogens with zero attached hydrogens (tertiary/aromatic N) is 3. The van der Waals surface area contributed by atoms with E-state index < -0.39 is 0 Å². The van der Waals surface area contributed by atoms with Gasteiger partial charge in [-0.25, -0.2) is 0 Å². The van der Waals surface area contributed by atoms with Crippen LogP contribution in [0.2, 0.25) is 0 Å². The Morgan fingerprint density at radius 2 is 1.89 bits per heavy atom. The molecule has 94 valence electrons. The molecular formula is C14H18N4. The summed E-state index contributed by atoms with van der Waals surface area (Å²) in [5.41, 5.74) is 8.94. The molecule has 4 heteroatoms. The van der Waals surface area contributed by atoms with Crippen LogP contribution in [-0.2, 0) is 13.1 Å². The summed E-state index contributed by atoms with van der Waals surface area (Å²) in [4.78, 5) is 2.07. The Morgan fingerprint density at radius 1 is 1.11 bits per heavy atom. The molecule has 0 unspecified atom stereocenters. The maximum atomic E-state index is 5.64. The van der Waals surface area contributed by atoms with Crippen LogP contribution in [0.3, 0.4) is 0 Å². The predicted molar refractivity (Wildman–Crippen MR) is 73.2 cm³/mol. The van der Waals surface area contributed by atoms with E-state index in [-0.39, 0.29) is 0 Å². The monoisotopic (exact) mass is 242 g/mol. The van der Waals surface area contributed by atoms with Crippen molar-refractivity contribution in [1.82, 2.24) is 10.2 Å². The Bertz CT molecular complexity index is 507. The third-order valence-corrected chi connectivity index (χ3v) is 2.82. The van der Waals surface area contributed by atoms with Crippen LogP contribution in [0.4, 0.5) is 5.82 Å². The Kier molecular flexibility index (Phi) is 3.89. The van der Waals surface area contributed by atoms with Crippen molar-refractivity contribution in [3.8, 4) is 0 Å². The molecule has 0 spiro atoms. The SMILES string of the molecule is Cc1ccc(N(C)Cc2cccc(CN)c2)nn1. The summed E-state index contributed by atoms with van der Waals surface area (Å²) >= 11 is 0. The maximum absolute atomic E-state index is 5.64. The van der Waals surface area contributed by atoms with Gasteiger partial charge in [0, 0.05) is 20.1 Å². The molecular weight excluding hydrogens is 224 g/mol. The number of nitrogens with two attached hydrogens (primary N) is 1. The van der Waals surface area contributed by atoms with Gasteiger partial charge >= 0.3 is 0 Å². The number of aryl methyl sites for hydroxylation is 1. The number of rotatable bonds is 4. The van der Waals surface area contributed by atoms with Gasteiger partial charge < -0.3 is 10.6 Å². The van der Waals surface area contributed by atoms with E-state index in [9.17, 15) is 0 Å². The second-order valence-corrected chi connectivity index (χ2v) is 4.41. The van der Waals surface area contributed by atoms with E-state index in [1.54, 1.807) is 0 Å². The minimum Gasteiger partial charge on any atom is -0.354 e. The number of anilines is 1. The summed E-state index contributed by atoms with van der Waals surface area (Å²) in [5, 5.41) is 8.23. The number of aromatic nitrogens is 2. The third-order valence-electron chi connectivity index (χ3n) is 2.82. The molecule has 2 aromatic rings.